The molecule has 1 aromatic rings. The van der Waals surface area contributed by atoms with Gasteiger partial charge in [0.1, 0.15) is 11.6 Å². The number of amides is 1. The Bertz CT molecular complexity index is 484. The van der Waals surface area contributed by atoms with Crippen molar-refractivity contribution in [3.05, 3.63) is 35.9 Å². The Hall–Kier alpha value is -1.69. The van der Waals surface area contributed by atoms with Gasteiger partial charge in [0.15, 0.2) is 0 Å². The molecule has 5 nitrogen and oxygen atoms in total. The number of alkyl carbamates (subject to hydrolysis) is 1. The summed E-state index contributed by atoms with van der Waals surface area (Å²) in [6.07, 6.45) is 1.08. The normalized spacial score (nSPS) is 14.1. The van der Waals surface area contributed by atoms with Crippen LogP contribution in [-0.4, -0.2) is 35.1 Å². The second kappa shape index (κ2) is 7.36. The van der Waals surface area contributed by atoms with Crippen LogP contribution < -0.4 is 5.32 Å². The Morgan fingerprint density at radius 2 is 1.81 bits per heavy atom. The van der Waals surface area contributed by atoms with Gasteiger partial charge in [-0.1, -0.05) is 30.3 Å². The fourth-order valence-corrected chi connectivity index (χ4v) is 2.69. The third-order valence-electron chi connectivity index (χ3n) is 2.62. The fraction of sp³-hybridized carbons (Fsp3) is 0.467. The number of hydrogen-bond acceptors (Lipinski definition) is 4. The second-order valence-corrected chi connectivity index (χ2v) is 6.51. The number of benzene rings is 1. The van der Waals surface area contributed by atoms with Gasteiger partial charge in [-0.25, -0.2) is 9.59 Å². The summed E-state index contributed by atoms with van der Waals surface area (Å²) >= 11 is 1.37. The van der Waals surface area contributed by atoms with Crippen LogP contribution in [0.4, 0.5) is 4.79 Å². The molecule has 0 heterocycles. The Morgan fingerprint density at radius 1 is 1.24 bits per heavy atom. The number of ether oxygens (including phenoxy) is 1. The van der Waals surface area contributed by atoms with Crippen LogP contribution in [0.2, 0.25) is 0 Å². The van der Waals surface area contributed by atoms with Crippen molar-refractivity contribution in [1.29, 1.82) is 0 Å². The standard InChI is InChI=1S/C15H21NO4S/c1-15(2,3)20-14(19)16-11(13(17)18)12(21-4)10-8-6-5-7-9-10/h5-9,11-12H,1-4H3,(H,16,19)(H,17,18)/t11-,12-/m0/s1. The minimum absolute atomic E-state index is 0.392. The predicted molar refractivity (Wildman–Crippen MR) is 83.5 cm³/mol. The van der Waals surface area contributed by atoms with E-state index in [9.17, 15) is 14.7 Å². The van der Waals surface area contributed by atoms with Crippen molar-refractivity contribution < 1.29 is 19.4 Å². The summed E-state index contributed by atoms with van der Waals surface area (Å²) in [6.45, 7) is 5.18. The number of thioether (sulfide) groups is 1. The summed E-state index contributed by atoms with van der Waals surface area (Å²) in [5, 5.41) is 11.4. The highest BCUT2D eigenvalue weighted by Gasteiger charge is 2.32. The SMILES string of the molecule is CS[C@@H](c1ccccc1)[C@H](NC(=O)OC(C)(C)C)C(=O)O. The number of carboxylic acid groups (broad SMARTS) is 1. The lowest BCUT2D eigenvalue weighted by Crippen LogP contribution is -2.46. The van der Waals surface area contributed by atoms with E-state index in [1.807, 2.05) is 36.6 Å². The van der Waals surface area contributed by atoms with E-state index in [0.717, 1.165) is 5.56 Å². The first-order valence-corrected chi connectivity index (χ1v) is 7.83. The van der Waals surface area contributed by atoms with Crippen LogP contribution in [0, 0.1) is 0 Å². The van der Waals surface area contributed by atoms with Gasteiger partial charge >= 0.3 is 12.1 Å². The number of carbonyl (C=O) groups excluding carboxylic acids is 1. The van der Waals surface area contributed by atoms with Gasteiger partial charge in [0.2, 0.25) is 0 Å². The zero-order valence-corrected chi connectivity index (χ0v) is 13.4. The van der Waals surface area contributed by atoms with E-state index in [4.69, 9.17) is 4.74 Å². The van der Waals surface area contributed by atoms with Crippen molar-refractivity contribution in [2.24, 2.45) is 0 Å². The van der Waals surface area contributed by atoms with Crippen LogP contribution in [0.1, 0.15) is 31.6 Å². The fourth-order valence-electron chi connectivity index (χ4n) is 1.81. The summed E-state index contributed by atoms with van der Waals surface area (Å²) in [4.78, 5) is 23.3. The molecule has 0 spiro atoms. The average Bonchev–Trinajstić information content (AvgIpc) is 2.37. The lowest BCUT2D eigenvalue weighted by Gasteiger charge is -2.26. The van der Waals surface area contributed by atoms with E-state index >= 15 is 0 Å². The maximum absolute atomic E-state index is 11.8. The van der Waals surface area contributed by atoms with E-state index < -0.39 is 29.0 Å². The monoisotopic (exact) mass is 311 g/mol. The topological polar surface area (TPSA) is 75.6 Å². The van der Waals surface area contributed by atoms with Crippen LogP contribution in [-0.2, 0) is 9.53 Å². The number of aliphatic carboxylic acids is 1. The molecular formula is C15H21NO4S. The predicted octanol–water partition coefficient (Wildman–Crippen LogP) is 3.07. The van der Waals surface area contributed by atoms with Crippen molar-refractivity contribution in [2.45, 2.75) is 37.7 Å². The molecule has 1 aromatic carbocycles. The van der Waals surface area contributed by atoms with E-state index in [2.05, 4.69) is 5.32 Å². The second-order valence-electron chi connectivity index (χ2n) is 5.53. The summed E-state index contributed by atoms with van der Waals surface area (Å²) in [5.74, 6) is -1.09. The van der Waals surface area contributed by atoms with Crippen molar-refractivity contribution in [1.82, 2.24) is 5.32 Å². The van der Waals surface area contributed by atoms with Gasteiger partial charge < -0.3 is 15.2 Å². The van der Waals surface area contributed by atoms with Gasteiger partial charge in [0, 0.05) is 0 Å². The molecule has 1 amide bonds. The maximum Gasteiger partial charge on any atom is 0.408 e. The van der Waals surface area contributed by atoms with Crippen molar-refractivity contribution in [2.75, 3.05) is 6.26 Å². The number of hydrogen-bond donors (Lipinski definition) is 2. The molecule has 21 heavy (non-hydrogen) atoms. The Morgan fingerprint density at radius 3 is 2.24 bits per heavy atom. The first-order valence-electron chi connectivity index (χ1n) is 6.54. The number of carboxylic acids is 1. The third-order valence-corrected chi connectivity index (χ3v) is 3.68. The lowest BCUT2D eigenvalue weighted by atomic mass is 10.1. The molecule has 0 radical (unpaired) electrons. The molecule has 1 rings (SSSR count). The van der Waals surface area contributed by atoms with Gasteiger partial charge in [0.25, 0.3) is 0 Å². The minimum atomic E-state index is -1.09. The van der Waals surface area contributed by atoms with Crippen molar-refractivity contribution in [3.8, 4) is 0 Å². The number of nitrogens with one attached hydrogen (secondary N) is 1. The molecule has 0 saturated heterocycles. The van der Waals surface area contributed by atoms with Crippen LogP contribution in [0.5, 0.6) is 0 Å². The maximum atomic E-state index is 11.8. The number of rotatable bonds is 5. The Balaban J connectivity index is 2.90. The summed E-state index contributed by atoms with van der Waals surface area (Å²) in [5.41, 5.74) is 0.169. The molecule has 0 aromatic heterocycles. The van der Waals surface area contributed by atoms with E-state index in [-0.39, 0.29) is 0 Å². The molecular weight excluding hydrogens is 290 g/mol. The third kappa shape index (κ3) is 5.67. The Kier molecular flexibility index (Phi) is 6.08. The highest BCUT2D eigenvalue weighted by Crippen LogP contribution is 2.30. The van der Waals surface area contributed by atoms with Crippen LogP contribution in [0.15, 0.2) is 30.3 Å². The smallest absolute Gasteiger partial charge is 0.408 e. The molecule has 0 saturated carbocycles. The van der Waals surface area contributed by atoms with Gasteiger partial charge in [-0.2, -0.15) is 11.8 Å². The Labute approximate surface area is 129 Å². The lowest BCUT2D eigenvalue weighted by molar-refractivity contribution is -0.139. The molecule has 116 valence electrons. The summed E-state index contributed by atoms with van der Waals surface area (Å²) in [7, 11) is 0. The number of carbonyl (C=O) groups is 2. The van der Waals surface area contributed by atoms with Crippen molar-refractivity contribution >= 4 is 23.8 Å². The van der Waals surface area contributed by atoms with E-state index in [1.165, 1.54) is 11.8 Å². The molecule has 0 aliphatic rings. The highest BCUT2D eigenvalue weighted by atomic mass is 32.2. The zero-order chi connectivity index (χ0) is 16.0. The summed E-state index contributed by atoms with van der Waals surface area (Å²) < 4.78 is 5.13. The van der Waals surface area contributed by atoms with Crippen LogP contribution >= 0.6 is 11.8 Å². The molecule has 2 N–H and O–H groups in total. The van der Waals surface area contributed by atoms with Gasteiger partial charge in [-0.05, 0) is 32.6 Å². The van der Waals surface area contributed by atoms with Crippen LogP contribution in [0.3, 0.4) is 0 Å². The van der Waals surface area contributed by atoms with Gasteiger partial charge in [-0.3, -0.25) is 0 Å². The molecule has 0 aliphatic carbocycles. The molecule has 0 bridgehead atoms. The minimum Gasteiger partial charge on any atom is -0.480 e. The molecule has 6 heteroatoms. The largest absolute Gasteiger partial charge is 0.480 e. The zero-order valence-electron chi connectivity index (χ0n) is 12.6. The highest BCUT2D eigenvalue weighted by molar-refractivity contribution is 7.98. The first kappa shape index (κ1) is 17.4. The van der Waals surface area contributed by atoms with E-state index in [1.54, 1.807) is 20.8 Å². The summed E-state index contributed by atoms with van der Waals surface area (Å²) in [6, 6.07) is 8.16. The molecule has 0 aliphatic heterocycles. The average molecular weight is 311 g/mol. The van der Waals surface area contributed by atoms with Crippen LogP contribution in [0.25, 0.3) is 0 Å². The van der Waals surface area contributed by atoms with Gasteiger partial charge in [0.05, 0.1) is 5.25 Å². The van der Waals surface area contributed by atoms with Crippen molar-refractivity contribution in [3.63, 3.8) is 0 Å². The molecule has 0 fully saturated rings. The first-order chi connectivity index (χ1) is 9.74. The quantitative estimate of drug-likeness (QED) is 0.874. The molecule has 0 unspecified atom stereocenters. The molecule has 2 atom stereocenters. The van der Waals surface area contributed by atoms with Gasteiger partial charge in [-0.15, -0.1) is 0 Å². The van der Waals surface area contributed by atoms with E-state index in [0.29, 0.717) is 0 Å².